The molecule has 1 saturated carbocycles. The van der Waals surface area contributed by atoms with Gasteiger partial charge >= 0.3 is 0 Å². The lowest BCUT2D eigenvalue weighted by Crippen LogP contribution is -2.18. The number of rotatable bonds is 5. The lowest BCUT2D eigenvalue weighted by molar-refractivity contribution is 0.621. The standard InChI is InChI=1S/C14H17BrFN/c1-2-10(9-17-12-4-5-12)7-11-3-6-13(15)14(16)8-11/h3,6-8,12,17H,2,4-5,9H2,1H3/b10-7-. The van der Waals surface area contributed by atoms with Crippen molar-refractivity contribution in [1.82, 2.24) is 5.32 Å². The van der Waals surface area contributed by atoms with E-state index in [1.54, 1.807) is 12.1 Å². The second-order valence-electron chi connectivity index (χ2n) is 4.48. The van der Waals surface area contributed by atoms with Crippen molar-refractivity contribution in [2.75, 3.05) is 6.54 Å². The molecule has 1 aromatic carbocycles. The molecule has 2 rings (SSSR count). The van der Waals surface area contributed by atoms with Crippen LogP contribution in [-0.2, 0) is 0 Å². The number of hydrogen-bond donors (Lipinski definition) is 1. The van der Waals surface area contributed by atoms with Crippen LogP contribution in [0.5, 0.6) is 0 Å². The van der Waals surface area contributed by atoms with E-state index in [4.69, 9.17) is 0 Å². The summed E-state index contributed by atoms with van der Waals surface area (Å²) in [5.74, 6) is -0.204. The predicted octanol–water partition coefficient (Wildman–Crippen LogP) is 4.13. The fraction of sp³-hybridized carbons (Fsp3) is 0.429. The van der Waals surface area contributed by atoms with Gasteiger partial charge in [-0.3, -0.25) is 0 Å². The van der Waals surface area contributed by atoms with Crippen LogP contribution in [0.2, 0.25) is 0 Å². The van der Waals surface area contributed by atoms with Gasteiger partial charge < -0.3 is 5.32 Å². The Hall–Kier alpha value is -0.670. The van der Waals surface area contributed by atoms with Crippen LogP contribution in [0.15, 0.2) is 28.2 Å². The Morgan fingerprint density at radius 2 is 2.29 bits per heavy atom. The van der Waals surface area contributed by atoms with E-state index in [-0.39, 0.29) is 5.82 Å². The molecule has 0 radical (unpaired) electrons. The maximum absolute atomic E-state index is 13.4. The highest BCUT2D eigenvalue weighted by Gasteiger charge is 2.19. The molecule has 0 bridgehead atoms. The quantitative estimate of drug-likeness (QED) is 0.861. The Labute approximate surface area is 110 Å². The first-order valence-corrected chi connectivity index (χ1v) is 6.86. The number of hydrogen-bond acceptors (Lipinski definition) is 1. The second-order valence-corrected chi connectivity index (χ2v) is 5.34. The fourth-order valence-corrected chi connectivity index (χ4v) is 1.93. The van der Waals surface area contributed by atoms with Crippen molar-refractivity contribution in [2.24, 2.45) is 0 Å². The Morgan fingerprint density at radius 1 is 1.53 bits per heavy atom. The summed E-state index contributed by atoms with van der Waals surface area (Å²) < 4.78 is 13.9. The number of benzene rings is 1. The summed E-state index contributed by atoms with van der Waals surface area (Å²) in [6.45, 7) is 3.05. The minimum absolute atomic E-state index is 0.204. The lowest BCUT2D eigenvalue weighted by atomic mass is 10.1. The molecular weight excluding hydrogens is 281 g/mol. The Morgan fingerprint density at radius 3 is 2.88 bits per heavy atom. The van der Waals surface area contributed by atoms with Gasteiger partial charge in [-0.2, -0.15) is 0 Å². The van der Waals surface area contributed by atoms with Crippen LogP contribution < -0.4 is 5.32 Å². The molecule has 0 aromatic heterocycles. The third-order valence-electron chi connectivity index (χ3n) is 2.96. The summed E-state index contributed by atoms with van der Waals surface area (Å²) in [6.07, 6.45) is 5.66. The molecule has 0 aliphatic heterocycles. The first-order valence-electron chi connectivity index (χ1n) is 6.07. The molecule has 17 heavy (non-hydrogen) atoms. The summed E-state index contributed by atoms with van der Waals surface area (Å²) in [5.41, 5.74) is 2.25. The Kier molecular flexibility index (Phi) is 4.35. The van der Waals surface area contributed by atoms with E-state index >= 15 is 0 Å². The third kappa shape index (κ3) is 3.93. The summed E-state index contributed by atoms with van der Waals surface area (Å²) in [7, 11) is 0. The summed E-state index contributed by atoms with van der Waals surface area (Å²) in [6, 6.07) is 5.96. The average Bonchev–Trinajstić information content (AvgIpc) is 3.13. The fourth-order valence-electron chi connectivity index (χ4n) is 1.68. The van der Waals surface area contributed by atoms with Crippen molar-refractivity contribution in [3.8, 4) is 0 Å². The van der Waals surface area contributed by atoms with E-state index in [0.29, 0.717) is 10.5 Å². The van der Waals surface area contributed by atoms with E-state index in [2.05, 4.69) is 34.2 Å². The molecule has 1 aromatic rings. The minimum atomic E-state index is -0.204. The lowest BCUT2D eigenvalue weighted by Gasteiger charge is -2.06. The molecule has 92 valence electrons. The first kappa shape index (κ1) is 12.8. The SMILES string of the molecule is CC/C(=C/c1ccc(Br)c(F)c1)CNC1CC1. The van der Waals surface area contributed by atoms with E-state index in [1.165, 1.54) is 18.4 Å². The molecule has 0 atom stereocenters. The van der Waals surface area contributed by atoms with Crippen LogP contribution in [0, 0.1) is 5.82 Å². The zero-order valence-corrected chi connectivity index (χ0v) is 11.6. The highest BCUT2D eigenvalue weighted by molar-refractivity contribution is 9.10. The molecule has 0 saturated heterocycles. The van der Waals surface area contributed by atoms with Crippen molar-refractivity contribution >= 4 is 22.0 Å². The Balaban J connectivity index is 2.04. The molecule has 0 unspecified atom stereocenters. The Bertz CT molecular complexity index is 424. The van der Waals surface area contributed by atoms with Gasteiger partial charge in [-0.25, -0.2) is 4.39 Å². The van der Waals surface area contributed by atoms with Crippen LogP contribution in [-0.4, -0.2) is 12.6 Å². The largest absolute Gasteiger partial charge is 0.310 e. The molecule has 0 heterocycles. The van der Waals surface area contributed by atoms with Gasteiger partial charge in [0.25, 0.3) is 0 Å². The minimum Gasteiger partial charge on any atom is -0.310 e. The van der Waals surface area contributed by atoms with Crippen LogP contribution in [0.3, 0.4) is 0 Å². The average molecular weight is 298 g/mol. The van der Waals surface area contributed by atoms with Gasteiger partial charge in [0.15, 0.2) is 0 Å². The molecule has 0 amide bonds. The summed E-state index contributed by atoms with van der Waals surface area (Å²) in [4.78, 5) is 0. The second kappa shape index (κ2) is 5.78. The van der Waals surface area contributed by atoms with Crippen molar-refractivity contribution in [3.05, 3.63) is 39.6 Å². The smallest absolute Gasteiger partial charge is 0.137 e. The monoisotopic (exact) mass is 297 g/mol. The molecule has 1 N–H and O–H groups in total. The van der Waals surface area contributed by atoms with Crippen molar-refractivity contribution in [2.45, 2.75) is 32.2 Å². The van der Waals surface area contributed by atoms with Gasteiger partial charge in [0.1, 0.15) is 5.82 Å². The molecule has 0 spiro atoms. The van der Waals surface area contributed by atoms with Crippen molar-refractivity contribution in [1.29, 1.82) is 0 Å². The topological polar surface area (TPSA) is 12.0 Å². The molecule has 1 fully saturated rings. The van der Waals surface area contributed by atoms with Crippen LogP contribution >= 0.6 is 15.9 Å². The zero-order chi connectivity index (χ0) is 12.3. The van der Waals surface area contributed by atoms with E-state index in [0.717, 1.165) is 18.5 Å². The summed E-state index contributed by atoms with van der Waals surface area (Å²) in [5, 5.41) is 3.48. The molecule has 3 heteroatoms. The zero-order valence-electron chi connectivity index (χ0n) is 9.97. The molecular formula is C14H17BrFN. The van der Waals surface area contributed by atoms with Crippen LogP contribution in [0.1, 0.15) is 31.7 Å². The molecule has 1 aliphatic rings. The highest BCUT2D eigenvalue weighted by Crippen LogP contribution is 2.21. The van der Waals surface area contributed by atoms with E-state index in [9.17, 15) is 4.39 Å². The van der Waals surface area contributed by atoms with Gasteiger partial charge in [0.05, 0.1) is 4.47 Å². The summed E-state index contributed by atoms with van der Waals surface area (Å²) >= 11 is 3.16. The van der Waals surface area contributed by atoms with E-state index < -0.39 is 0 Å². The van der Waals surface area contributed by atoms with Crippen molar-refractivity contribution < 1.29 is 4.39 Å². The van der Waals surface area contributed by atoms with Gasteiger partial charge in [0.2, 0.25) is 0 Å². The molecule has 1 nitrogen and oxygen atoms in total. The van der Waals surface area contributed by atoms with Crippen LogP contribution in [0.25, 0.3) is 6.08 Å². The highest BCUT2D eigenvalue weighted by atomic mass is 79.9. The first-order chi connectivity index (χ1) is 8.19. The molecule has 1 aliphatic carbocycles. The number of nitrogens with one attached hydrogen (secondary N) is 1. The maximum atomic E-state index is 13.4. The van der Waals surface area contributed by atoms with Crippen LogP contribution in [0.4, 0.5) is 4.39 Å². The van der Waals surface area contributed by atoms with Gasteiger partial charge in [0, 0.05) is 12.6 Å². The van der Waals surface area contributed by atoms with Gasteiger partial charge in [-0.05, 0) is 52.9 Å². The maximum Gasteiger partial charge on any atom is 0.137 e. The van der Waals surface area contributed by atoms with Gasteiger partial charge in [-0.1, -0.05) is 24.6 Å². The number of halogens is 2. The normalized spacial score (nSPS) is 16.3. The van der Waals surface area contributed by atoms with Crippen molar-refractivity contribution in [3.63, 3.8) is 0 Å². The third-order valence-corrected chi connectivity index (χ3v) is 3.61. The van der Waals surface area contributed by atoms with Gasteiger partial charge in [-0.15, -0.1) is 0 Å². The van der Waals surface area contributed by atoms with E-state index in [1.807, 2.05) is 6.07 Å². The predicted molar refractivity (Wildman–Crippen MR) is 73.4 cm³/mol.